The van der Waals surface area contributed by atoms with Crippen molar-refractivity contribution in [2.45, 2.75) is 19.4 Å². The van der Waals surface area contributed by atoms with Gasteiger partial charge < -0.3 is 14.5 Å². The van der Waals surface area contributed by atoms with Crippen molar-refractivity contribution >= 4 is 27.5 Å². The summed E-state index contributed by atoms with van der Waals surface area (Å²) in [6.45, 7) is 1.74. The van der Waals surface area contributed by atoms with Crippen LogP contribution in [0, 0.1) is 5.92 Å². The van der Waals surface area contributed by atoms with Gasteiger partial charge in [-0.2, -0.15) is 0 Å². The first kappa shape index (κ1) is 15.4. The van der Waals surface area contributed by atoms with E-state index in [9.17, 15) is 4.79 Å². The maximum atomic E-state index is 12.1. The van der Waals surface area contributed by atoms with E-state index in [1.54, 1.807) is 11.3 Å². The Balaban J connectivity index is 1.42. The molecule has 3 heterocycles. The van der Waals surface area contributed by atoms with E-state index < -0.39 is 0 Å². The SMILES string of the molecule is O=C(NCc1ccc(-c2nc3ccccc3s2)o1)C1CCOCC1. The van der Waals surface area contributed by atoms with Crippen molar-refractivity contribution in [3.8, 4) is 10.8 Å². The lowest BCUT2D eigenvalue weighted by Crippen LogP contribution is -2.33. The zero-order valence-electron chi connectivity index (χ0n) is 13.2. The first-order valence-corrected chi connectivity index (χ1v) is 8.91. The molecule has 1 fully saturated rings. The smallest absolute Gasteiger partial charge is 0.223 e. The fraction of sp³-hybridized carbons (Fsp3) is 0.333. The fourth-order valence-electron chi connectivity index (χ4n) is 2.84. The van der Waals surface area contributed by atoms with Gasteiger partial charge in [0.1, 0.15) is 5.76 Å². The lowest BCUT2D eigenvalue weighted by Gasteiger charge is -2.20. The molecule has 1 aliphatic rings. The normalized spacial score (nSPS) is 15.7. The van der Waals surface area contributed by atoms with Crippen molar-refractivity contribution in [1.29, 1.82) is 0 Å². The Hall–Kier alpha value is -2.18. The lowest BCUT2D eigenvalue weighted by molar-refractivity contribution is -0.128. The summed E-state index contributed by atoms with van der Waals surface area (Å²) in [5, 5.41) is 3.81. The molecule has 0 saturated carbocycles. The van der Waals surface area contributed by atoms with Gasteiger partial charge in [-0.25, -0.2) is 4.98 Å². The highest BCUT2D eigenvalue weighted by atomic mass is 32.1. The zero-order valence-corrected chi connectivity index (χ0v) is 14.0. The number of fused-ring (bicyclic) bond motifs is 1. The van der Waals surface area contributed by atoms with Crippen LogP contribution in [-0.4, -0.2) is 24.1 Å². The number of amides is 1. The molecular formula is C18H18N2O3S. The summed E-state index contributed by atoms with van der Waals surface area (Å²) in [6.07, 6.45) is 1.59. The number of carbonyl (C=O) groups excluding carboxylic acids is 1. The predicted octanol–water partition coefficient (Wildman–Crippen LogP) is 3.60. The van der Waals surface area contributed by atoms with Crippen molar-refractivity contribution in [3.05, 3.63) is 42.2 Å². The van der Waals surface area contributed by atoms with Crippen LogP contribution < -0.4 is 5.32 Å². The van der Waals surface area contributed by atoms with Gasteiger partial charge in [0.2, 0.25) is 5.91 Å². The molecule has 2 aromatic heterocycles. The van der Waals surface area contributed by atoms with Gasteiger partial charge in [-0.15, -0.1) is 11.3 Å². The van der Waals surface area contributed by atoms with Crippen LogP contribution in [-0.2, 0) is 16.1 Å². The summed E-state index contributed by atoms with van der Waals surface area (Å²) >= 11 is 1.60. The fourth-order valence-corrected chi connectivity index (χ4v) is 3.77. The molecule has 1 saturated heterocycles. The molecule has 5 nitrogen and oxygen atoms in total. The first-order valence-electron chi connectivity index (χ1n) is 8.10. The van der Waals surface area contributed by atoms with Gasteiger partial charge in [0.05, 0.1) is 16.8 Å². The summed E-state index contributed by atoms with van der Waals surface area (Å²) in [7, 11) is 0. The Kier molecular flexibility index (Phi) is 4.32. The van der Waals surface area contributed by atoms with Crippen molar-refractivity contribution < 1.29 is 13.9 Å². The molecule has 24 heavy (non-hydrogen) atoms. The van der Waals surface area contributed by atoms with E-state index >= 15 is 0 Å². The van der Waals surface area contributed by atoms with E-state index in [1.165, 1.54) is 0 Å². The molecule has 3 aromatic rings. The standard InChI is InChI=1S/C18H18N2O3S/c21-17(12-7-9-22-10-8-12)19-11-13-5-6-15(23-13)18-20-14-3-1-2-4-16(14)24-18/h1-6,12H,7-11H2,(H,19,21). The molecule has 0 atom stereocenters. The van der Waals surface area contributed by atoms with Crippen LogP contribution in [0.4, 0.5) is 0 Å². The number of ether oxygens (including phenoxy) is 1. The van der Waals surface area contributed by atoms with E-state index in [4.69, 9.17) is 9.15 Å². The lowest BCUT2D eigenvalue weighted by atomic mass is 9.99. The van der Waals surface area contributed by atoms with Gasteiger partial charge >= 0.3 is 0 Å². The molecule has 1 aliphatic heterocycles. The van der Waals surface area contributed by atoms with Crippen molar-refractivity contribution in [3.63, 3.8) is 0 Å². The Morgan fingerprint density at radius 1 is 1.21 bits per heavy atom. The first-order chi connectivity index (χ1) is 11.8. The summed E-state index contributed by atoms with van der Waals surface area (Å²) in [5.74, 6) is 1.62. The van der Waals surface area contributed by atoms with E-state index in [0.717, 1.165) is 39.6 Å². The number of furan rings is 1. The number of benzene rings is 1. The highest BCUT2D eigenvalue weighted by Crippen LogP contribution is 2.31. The number of nitrogens with zero attached hydrogens (tertiary/aromatic N) is 1. The Morgan fingerprint density at radius 2 is 2.04 bits per heavy atom. The van der Waals surface area contributed by atoms with Crippen molar-refractivity contribution in [2.75, 3.05) is 13.2 Å². The minimum atomic E-state index is 0.0532. The second-order valence-corrected chi connectivity index (χ2v) is 6.89. The topological polar surface area (TPSA) is 64.4 Å². The van der Waals surface area contributed by atoms with E-state index in [0.29, 0.717) is 19.8 Å². The van der Waals surface area contributed by atoms with Crippen LogP contribution in [0.2, 0.25) is 0 Å². The third-order valence-corrected chi connectivity index (χ3v) is 5.25. The van der Waals surface area contributed by atoms with Gasteiger partial charge in [-0.05, 0) is 37.1 Å². The van der Waals surface area contributed by atoms with Gasteiger partial charge in [0.15, 0.2) is 10.8 Å². The minimum Gasteiger partial charge on any atom is -0.457 e. The number of hydrogen-bond acceptors (Lipinski definition) is 5. The predicted molar refractivity (Wildman–Crippen MR) is 92.7 cm³/mol. The van der Waals surface area contributed by atoms with E-state index in [2.05, 4.69) is 16.4 Å². The summed E-state index contributed by atoms with van der Waals surface area (Å²) in [4.78, 5) is 16.7. The van der Waals surface area contributed by atoms with Crippen LogP contribution in [0.15, 0.2) is 40.8 Å². The average Bonchev–Trinajstić information content (AvgIpc) is 3.27. The molecule has 1 amide bonds. The number of para-hydroxylation sites is 1. The van der Waals surface area contributed by atoms with Crippen LogP contribution in [0.25, 0.3) is 21.0 Å². The number of rotatable bonds is 4. The van der Waals surface area contributed by atoms with Crippen LogP contribution in [0.1, 0.15) is 18.6 Å². The largest absolute Gasteiger partial charge is 0.457 e. The molecule has 124 valence electrons. The van der Waals surface area contributed by atoms with Gasteiger partial charge in [-0.3, -0.25) is 4.79 Å². The number of carbonyl (C=O) groups is 1. The molecule has 1 aromatic carbocycles. The van der Waals surface area contributed by atoms with Crippen LogP contribution >= 0.6 is 11.3 Å². The third-order valence-electron chi connectivity index (χ3n) is 4.20. The number of thiazole rings is 1. The van der Waals surface area contributed by atoms with Crippen molar-refractivity contribution in [2.24, 2.45) is 5.92 Å². The van der Waals surface area contributed by atoms with Crippen LogP contribution in [0.5, 0.6) is 0 Å². The van der Waals surface area contributed by atoms with Gasteiger partial charge in [0, 0.05) is 19.1 Å². The molecule has 1 N–H and O–H groups in total. The number of aromatic nitrogens is 1. The zero-order chi connectivity index (χ0) is 16.4. The Bertz CT molecular complexity index is 816. The Morgan fingerprint density at radius 3 is 2.88 bits per heavy atom. The molecule has 0 aliphatic carbocycles. The second-order valence-electron chi connectivity index (χ2n) is 5.86. The maximum absolute atomic E-state index is 12.1. The summed E-state index contributed by atoms with van der Waals surface area (Å²) < 4.78 is 12.3. The third kappa shape index (κ3) is 3.20. The van der Waals surface area contributed by atoms with E-state index in [-0.39, 0.29) is 11.8 Å². The monoisotopic (exact) mass is 342 g/mol. The van der Waals surface area contributed by atoms with E-state index in [1.807, 2.05) is 30.3 Å². The highest BCUT2D eigenvalue weighted by molar-refractivity contribution is 7.21. The molecule has 4 rings (SSSR count). The van der Waals surface area contributed by atoms with Crippen LogP contribution in [0.3, 0.4) is 0 Å². The van der Waals surface area contributed by atoms with Gasteiger partial charge in [0.25, 0.3) is 0 Å². The molecular weight excluding hydrogens is 324 g/mol. The van der Waals surface area contributed by atoms with Gasteiger partial charge in [-0.1, -0.05) is 12.1 Å². The summed E-state index contributed by atoms with van der Waals surface area (Å²) in [5.41, 5.74) is 0.975. The molecule has 6 heteroatoms. The highest BCUT2D eigenvalue weighted by Gasteiger charge is 2.21. The molecule has 0 bridgehead atoms. The average molecular weight is 342 g/mol. The quantitative estimate of drug-likeness (QED) is 0.787. The summed E-state index contributed by atoms with van der Waals surface area (Å²) in [6, 6.07) is 11.8. The Labute approximate surface area is 143 Å². The number of nitrogens with one attached hydrogen (secondary N) is 1. The molecule has 0 unspecified atom stereocenters. The second kappa shape index (κ2) is 6.75. The minimum absolute atomic E-state index is 0.0532. The van der Waals surface area contributed by atoms with Crippen molar-refractivity contribution in [1.82, 2.24) is 10.3 Å². The molecule has 0 radical (unpaired) electrons. The molecule has 0 spiro atoms. The maximum Gasteiger partial charge on any atom is 0.223 e. The number of hydrogen-bond donors (Lipinski definition) is 1.